The number of aromatic nitrogens is 1. The van der Waals surface area contributed by atoms with Gasteiger partial charge in [-0.25, -0.2) is 0 Å². The van der Waals surface area contributed by atoms with Gasteiger partial charge >= 0.3 is 7.12 Å². The lowest BCUT2D eigenvalue weighted by molar-refractivity contribution is 0.194. The predicted molar refractivity (Wildman–Crippen MR) is 178 cm³/mol. The van der Waals surface area contributed by atoms with E-state index in [1.54, 1.807) is 6.07 Å². The highest BCUT2D eigenvalue weighted by Crippen LogP contribution is 2.36. The Morgan fingerprint density at radius 2 is 1.52 bits per heavy atom. The number of nitrogens with zero attached hydrogens (tertiary/aromatic N) is 2. The number of thiophene rings is 1. The second kappa shape index (κ2) is 12.7. The highest BCUT2D eigenvalue weighted by molar-refractivity contribution is 7.15. The summed E-state index contributed by atoms with van der Waals surface area (Å²) in [6.07, 6.45) is 2.35. The van der Waals surface area contributed by atoms with Gasteiger partial charge in [0.2, 0.25) is 0 Å². The van der Waals surface area contributed by atoms with Crippen LogP contribution in [0.15, 0.2) is 109 Å². The average molecular weight is 573 g/mol. The molecule has 6 heteroatoms. The van der Waals surface area contributed by atoms with Gasteiger partial charge in [0.05, 0.1) is 0 Å². The quantitative estimate of drug-likeness (QED) is 0.156. The topological polar surface area (TPSA) is 48.6 Å². The Morgan fingerprint density at radius 3 is 2.33 bits per heavy atom. The van der Waals surface area contributed by atoms with Gasteiger partial charge in [0.25, 0.3) is 0 Å². The molecule has 6 rings (SSSR count). The van der Waals surface area contributed by atoms with E-state index in [4.69, 9.17) is 0 Å². The monoisotopic (exact) mass is 572 g/mol. The summed E-state index contributed by atoms with van der Waals surface area (Å²) in [4.78, 5) is 4.95. The third-order valence-corrected chi connectivity index (χ3v) is 9.47. The first kappa shape index (κ1) is 28.4. The highest BCUT2D eigenvalue weighted by Gasteiger charge is 2.22. The van der Waals surface area contributed by atoms with Crippen molar-refractivity contribution in [3.8, 4) is 10.4 Å². The van der Waals surface area contributed by atoms with Crippen molar-refractivity contribution in [2.24, 2.45) is 0 Å². The second-order valence-corrected chi connectivity index (χ2v) is 12.3. The minimum absolute atomic E-state index is 0.145. The predicted octanol–water partition coefficient (Wildman–Crippen LogP) is 7.77. The van der Waals surface area contributed by atoms with Crippen molar-refractivity contribution in [1.29, 1.82) is 0 Å². The summed E-state index contributed by atoms with van der Waals surface area (Å²) >= 11 is 1.84. The van der Waals surface area contributed by atoms with Crippen LogP contribution in [0.3, 0.4) is 0 Å². The number of para-hydroxylation sites is 1. The van der Waals surface area contributed by atoms with Crippen molar-refractivity contribution in [2.45, 2.75) is 52.4 Å². The van der Waals surface area contributed by atoms with Crippen LogP contribution in [0.4, 0.5) is 0 Å². The van der Waals surface area contributed by atoms with Gasteiger partial charge in [-0.15, -0.1) is 11.3 Å². The molecule has 42 heavy (non-hydrogen) atoms. The number of rotatable bonds is 11. The summed E-state index contributed by atoms with van der Waals surface area (Å²) in [5.41, 5.74) is 6.58. The lowest BCUT2D eigenvalue weighted by atomic mass is 9.77. The van der Waals surface area contributed by atoms with Crippen LogP contribution < -0.4 is 5.46 Å². The second-order valence-electron chi connectivity index (χ2n) is 11.1. The normalized spacial score (nSPS) is 12.4. The summed E-state index contributed by atoms with van der Waals surface area (Å²) in [5, 5.41) is 22.7. The zero-order valence-corrected chi connectivity index (χ0v) is 25.1. The molecule has 0 fully saturated rings. The molecule has 212 valence electrons. The molecular formula is C36H37BN2O2S. The first-order valence-corrected chi connectivity index (χ1v) is 15.7. The molecule has 2 heterocycles. The minimum atomic E-state index is -1.49. The van der Waals surface area contributed by atoms with Crippen molar-refractivity contribution in [3.63, 3.8) is 0 Å². The molecular weight excluding hydrogens is 535 g/mol. The lowest BCUT2D eigenvalue weighted by Gasteiger charge is -2.30. The van der Waals surface area contributed by atoms with E-state index < -0.39 is 7.12 Å². The van der Waals surface area contributed by atoms with Crippen LogP contribution in [0, 0.1) is 0 Å². The van der Waals surface area contributed by atoms with Gasteiger partial charge in [-0.1, -0.05) is 92.2 Å². The highest BCUT2D eigenvalue weighted by atomic mass is 32.1. The lowest BCUT2D eigenvalue weighted by Crippen LogP contribution is -2.36. The smallest absolute Gasteiger partial charge is 0.423 e. The van der Waals surface area contributed by atoms with Crippen molar-refractivity contribution in [2.75, 3.05) is 0 Å². The maximum atomic E-state index is 10.0. The Hall–Kier alpha value is -3.68. The van der Waals surface area contributed by atoms with E-state index in [1.807, 2.05) is 35.6 Å². The maximum absolute atomic E-state index is 10.0. The fourth-order valence-corrected chi connectivity index (χ4v) is 7.03. The van der Waals surface area contributed by atoms with E-state index in [0.29, 0.717) is 12.0 Å². The maximum Gasteiger partial charge on any atom is 0.488 e. The van der Waals surface area contributed by atoms with Gasteiger partial charge in [0.1, 0.15) is 0 Å². The van der Waals surface area contributed by atoms with Gasteiger partial charge < -0.3 is 14.6 Å². The van der Waals surface area contributed by atoms with Crippen molar-refractivity contribution in [3.05, 3.63) is 125 Å². The van der Waals surface area contributed by atoms with Crippen LogP contribution >= 0.6 is 11.3 Å². The molecule has 0 unspecified atom stereocenters. The van der Waals surface area contributed by atoms with Crippen LogP contribution in [0.1, 0.15) is 48.7 Å². The van der Waals surface area contributed by atoms with Gasteiger partial charge in [0, 0.05) is 57.2 Å². The van der Waals surface area contributed by atoms with E-state index in [2.05, 4.69) is 102 Å². The first-order chi connectivity index (χ1) is 20.5. The molecule has 4 aromatic carbocycles. The third kappa shape index (κ3) is 5.81. The van der Waals surface area contributed by atoms with E-state index in [9.17, 15) is 10.0 Å². The Balaban J connectivity index is 1.32. The number of unbranched alkanes of at least 4 members (excludes halogenated alkanes) is 1. The SMILES string of the molecule is CCCCn1c2ccccc2c2cc(-c3ccc(CN(Cc4ccccc4B(O)O)[C@@H](C)c4ccccc4)s3)ccc21. The molecule has 2 aromatic heterocycles. The number of fused-ring (bicyclic) bond motifs is 3. The Bertz CT molecular complexity index is 1790. The third-order valence-electron chi connectivity index (χ3n) is 8.35. The Kier molecular flexibility index (Phi) is 8.59. The molecule has 6 aromatic rings. The summed E-state index contributed by atoms with van der Waals surface area (Å²) in [5.74, 6) is 0. The van der Waals surface area contributed by atoms with Crippen LogP contribution in [-0.4, -0.2) is 26.6 Å². The largest absolute Gasteiger partial charge is 0.488 e. The molecule has 1 atom stereocenters. The summed E-state index contributed by atoms with van der Waals surface area (Å²) < 4.78 is 2.47. The Morgan fingerprint density at radius 1 is 0.786 bits per heavy atom. The van der Waals surface area contributed by atoms with E-state index in [1.165, 1.54) is 55.5 Å². The Labute approximate surface area is 252 Å². The molecule has 0 saturated heterocycles. The van der Waals surface area contributed by atoms with Gasteiger partial charge in [-0.2, -0.15) is 0 Å². The fraction of sp³-hybridized carbons (Fsp3) is 0.222. The van der Waals surface area contributed by atoms with E-state index >= 15 is 0 Å². The summed E-state index contributed by atoms with van der Waals surface area (Å²) in [6.45, 7) is 6.88. The number of hydrogen-bond acceptors (Lipinski definition) is 4. The van der Waals surface area contributed by atoms with Crippen molar-refractivity contribution < 1.29 is 10.0 Å². The van der Waals surface area contributed by atoms with Crippen LogP contribution in [-0.2, 0) is 19.6 Å². The minimum Gasteiger partial charge on any atom is -0.423 e. The van der Waals surface area contributed by atoms with Gasteiger partial charge in [-0.05, 0) is 65.8 Å². The number of aryl methyl sites for hydroxylation is 1. The zero-order chi connectivity index (χ0) is 29.1. The average Bonchev–Trinajstić information content (AvgIpc) is 3.62. The molecule has 4 nitrogen and oxygen atoms in total. The zero-order valence-electron chi connectivity index (χ0n) is 24.3. The van der Waals surface area contributed by atoms with Gasteiger partial charge in [0.15, 0.2) is 0 Å². The molecule has 0 aliphatic heterocycles. The molecule has 2 N–H and O–H groups in total. The van der Waals surface area contributed by atoms with Crippen LogP contribution in [0.5, 0.6) is 0 Å². The van der Waals surface area contributed by atoms with E-state index in [-0.39, 0.29) is 6.04 Å². The number of benzene rings is 4. The molecule has 0 spiro atoms. The van der Waals surface area contributed by atoms with Crippen LogP contribution in [0.2, 0.25) is 0 Å². The van der Waals surface area contributed by atoms with E-state index in [0.717, 1.165) is 18.7 Å². The first-order valence-electron chi connectivity index (χ1n) is 14.9. The van der Waals surface area contributed by atoms with Crippen LogP contribution in [0.25, 0.3) is 32.2 Å². The molecule has 0 saturated carbocycles. The molecule has 0 bridgehead atoms. The standard InChI is InChI=1S/C36H37BN2O2S/c1-3-4-22-39-34-17-11-9-15-31(34)32-23-28(18-20-35(32)39)36-21-19-30(42-36)25-38(26(2)27-12-6-5-7-13-27)24-29-14-8-10-16-33(29)37(40)41/h5-21,23,26,40-41H,3-4,22,24-25H2,1-2H3/t26-/m0/s1. The molecule has 0 amide bonds. The summed E-state index contributed by atoms with van der Waals surface area (Å²) in [7, 11) is -1.49. The van der Waals surface area contributed by atoms with Gasteiger partial charge in [-0.3, -0.25) is 4.90 Å². The number of hydrogen-bond donors (Lipinski definition) is 2. The molecule has 0 aliphatic carbocycles. The molecule has 0 radical (unpaired) electrons. The summed E-state index contributed by atoms with van der Waals surface area (Å²) in [6, 6.07) is 38.4. The van der Waals surface area contributed by atoms with Crippen molar-refractivity contribution in [1.82, 2.24) is 9.47 Å². The van der Waals surface area contributed by atoms with Crippen molar-refractivity contribution >= 4 is 45.7 Å². The molecule has 0 aliphatic rings. The fourth-order valence-electron chi connectivity index (χ4n) is 6.00.